The average molecular weight is 452 g/mol. The molecule has 166 valence electrons. The Hall–Kier alpha value is -2.51. The number of benzene rings is 1. The Morgan fingerprint density at radius 3 is 2.61 bits per heavy atom. The van der Waals surface area contributed by atoms with E-state index >= 15 is 4.39 Å². The lowest BCUT2D eigenvalue weighted by Crippen LogP contribution is -2.23. The lowest BCUT2D eigenvalue weighted by Gasteiger charge is -2.21. The molecule has 0 aliphatic heterocycles. The molecule has 0 fully saturated rings. The number of hydrogen-bond donors (Lipinski definition) is 1. The number of alkyl halides is 2. The molecule has 0 radical (unpaired) electrons. The highest BCUT2D eigenvalue weighted by Crippen LogP contribution is 2.36. The van der Waals surface area contributed by atoms with Crippen molar-refractivity contribution in [3.8, 4) is 0 Å². The Balaban J connectivity index is 2.04. The SMILES string of the molecule is COCC(F)(F)c1cccc([C@@H](C)Nc2nc(C)nc3cnc(P(C)(C)=O)cc23)c1F. The molecule has 0 bridgehead atoms. The van der Waals surface area contributed by atoms with Crippen LogP contribution in [0.2, 0.25) is 0 Å². The Morgan fingerprint density at radius 1 is 1.26 bits per heavy atom. The van der Waals surface area contributed by atoms with E-state index in [0.29, 0.717) is 28.0 Å². The summed E-state index contributed by atoms with van der Waals surface area (Å²) in [5.41, 5.74) is 0.271. The van der Waals surface area contributed by atoms with Crippen LogP contribution >= 0.6 is 7.14 Å². The van der Waals surface area contributed by atoms with Crippen LogP contribution in [0, 0.1) is 12.7 Å². The molecule has 0 unspecified atom stereocenters. The van der Waals surface area contributed by atoms with E-state index in [4.69, 9.17) is 0 Å². The van der Waals surface area contributed by atoms with E-state index in [9.17, 15) is 13.3 Å². The minimum Gasteiger partial charge on any atom is -0.378 e. The minimum atomic E-state index is -3.46. The van der Waals surface area contributed by atoms with Crippen molar-refractivity contribution in [2.24, 2.45) is 0 Å². The highest BCUT2D eigenvalue weighted by atomic mass is 31.2. The number of halogens is 3. The fourth-order valence-corrected chi connectivity index (χ4v) is 4.03. The standard InChI is InChI=1S/C21H24F3N4O2P/c1-12(14-7-6-8-16(19(14)22)21(23,24)11-30-3)26-20-15-9-18(31(4,5)29)25-10-17(15)27-13(2)28-20/h6-10,12H,11H2,1-5H3,(H,26,27,28)/t12-/m1/s1. The van der Waals surface area contributed by atoms with E-state index in [0.717, 1.165) is 13.2 Å². The molecule has 0 amide bonds. The van der Waals surface area contributed by atoms with Crippen LogP contribution in [0.3, 0.4) is 0 Å². The fraction of sp³-hybridized carbons (Fsp3) is 0.381. The lowest BCUT2D eigenvalue weighted by atomic mass is 10.00. The van der Waals surface area contributed by atoms with Gasteiger partial charge in [-0.25, -0.2) is 14.4 Å². The van der Waals surface area contributed by atoms with Crippen LogP contribution in [0.5, 0.6) is 0 Å². The highest BCUT2D eigenvalue weighted by Gasteiger charge is 2.36. The first-order valence-corrected chi connectivity index (χ1v) is 12.2. The number of aromatic nitrogens is 3. The maximum Gasteiger partial charge on any atom is 0.298 e. The van der Waals surface area contributed by atoms with Gasteiger partial charge >= 0.3 is 0 Å². The van der Waals surface area contributed by atoms with Crippen molar-refractivity contribution in [1.82, 2.24) is 15.0 Å². The number of pyridine rings is 1. The summed E-state index contributed by atoms with van der Waals surface area (Å²) >= 11 is 0. The highest BCUT2D eigenvalue weighted by molar-refractivity contribution is 7.69. The Kier molecular flexibility index (Phi) is 6.39. The van der Waals surface area contributed by atoms with Gasteiger partial charge in [0.2, 0.25) is 0 Å². The Labute approximate surface area is 178 Å². The van der Waals surface area contributed by atoms with Crippen molar-refractivity contribution < 1.29 is 22.5 Å². The molecule has 0 aliphatic carbocycles. The fourth-order valence-electron chi connectivity index (χ4n) is 3.25. The van der Waals surface area contributed by atoms with Crippen LogP contribution in [0.15, 0.2) is 30.5 Å². The molecule has 1 atom stereocenters. The van der Waals surface area contributed by atoms with Gasteiger partial charge in [-0.1, -0.05) is 12.1 Å². The molecule has 0 spiro atoms. The van der Waals surface area contributed by atoms with Crippen LogP contribution in [0.25, 0.3) is 10.9 Å². The number of rotatable bonds is 7. The van der Waals surface area contributed by atoms with E-state index in [-0.39, 0.29) is 5.56 Å². The second-order valence-corrected chi connectivity index (χ2v) is 10.9. The van der Waals surface area contributed by atoms with Gasteiger partial charge in [0.25, 0.3) is 5.92 Å². The number of nitrogens with one attached hydrogen (secondary N) is 1. The van der Waals surface area contributed by atoms with E-state index < -0.39 is 37.1 Å². The maximum atomic E-state index is 15.0. The van der Waals surface area contributed by atoms with Crippen LogP contribution < -0.4 is 10.8 Å². The van der Waals surface area contributed by atoms with E-state index in [2.05, 4.69) is 25.0 Å². The van der Waals surface area contributed by atoms with Gasteiger partial charge in [-0.05, 0) is 39.3 Å². The van der Waals surface area contributed by atoms with E-state index in [1.807, 2.05) is 0 Å². The van der Waals surface area contributed by atoms with Gasteiger partial charge in [-0.15, -0.1) is 0 Å². The summed E-state index contributed by atoms with van der Waals surface area (Å²) in [4.78, 5) is 13.0. The number of methoxy groups -OCH3 is 1. The van der Waals surface area contributed by atoms with E-state index in [1.165, 1.54) is 18.3 Å². The predicted molar refractivity (Wildman–Crippen MR) is 115 cm³/mol. The monoisotopic (exact) mass is 452 g/mol. The van der Waals surface area contributed by atoms with Gasteiger partial charge in [0, 0.05) is 18.1 Å². The average Bonchev–Trinajstić information content (AvgIpc) is 2.66. The van der Waals surface area contributed by atoms with Crippen molar-refractivity contribution in [3.05, 3.63) is 53.2 Å². The summed E-state index contributed by atoms with van der Waals surface area (Å²) < 4.78 is 60.5. The van der Waals surface area contributed by atoms with Gasteiger partial charge in [0.15, 0.2) is 0 Å². The summed E-state index contributed by atoms with van der Waals surface area (Å²) in [5.74, 6) is -3.64. The molecule has 3 rings (SSSR count). The smallest absolute Gasteiger partial charge is 0.298 e. The van der Waals surface area contributed by atoms with Gasteiger partial charge in [0.1, 0.15) is 36.6 Å². The van der Waals surface area contributed by atoms with E-state index in [1.54, 1.807) is 33.2 Å². The molecule has 10 heteroatoms. The van der Waals surface area contributed by atoms with Crippen LogP contribution in [0.4, 0.5) is 19.0 Å². The molecule has 2 aromatic heterocycles. The molecule has 0 aliphatic rings. The minimum absolute atomic E-state index is 0.0589. The molecule has 31 heavy (non-hydrogen) atoms. The third-order valence-corrected chi connectivity index (χ3v) is 6.15. The second kappa shape index (κ2) is 8.55. The third-order valence-electron chi connectivity index (χ3n) is 4.80. The first-order valence-electron chi connectivity index (χ1n) is 9.56. The van der Waals surface area contributed by atoms with Crippen molar-refractivity contribution in [2.45, 2.75) is 25.8 Å². The van der Waals surface area contributed by atoms with Gasteiger partial charge < -0.3 is 14.6 Å². The van der Waals surface area contributed by atoms with Crippen molar-refractivity contribution in [3.63, 3.8) is 0 Å². The molecule has 6 nitrogen and oxygen atoms in total. The number of aryl methyl sites for hydroxylation is 1. The van der Waals surface area contributed by atoms with Crippen LogP contribution in [-0.4, -0.2) is 42.0 Å². The molecule has 1 aromatic carbocycles. The van der Waals surface area contributed by atoms with Gasteiger partial charge in [0.05, 0.1) is 23.3 Å². The predicted octanol–water partition coefficient (Wildman–Crippen LogP) is 4.63. The quantitative estimate of drug-likeness (QED) is 0.527. The van der Waals surface area contributed by atoms with Crippen LogP contribution in [-0.2, 0) is 15.2 Å². The van der Waals surface area contributed by atoms with Crippen molar-refractivity contribution in [2.75, 3.05) is 32.4 Å². The zero-order valence-corrected chi connectivity index (χ0v) is 18.8. The number of ether oxygens (including phenoxy) is 1. The molecular formula is C21H24F3N4O2P. The zero-order chi connectivity index (χ0) is 23.0. The number of hydrogen-bond acceptors (Lipinski definition) is 6. The first-order chi connectivity index (χ1) is 14.4. The summed E-state index contributed by atoms with van der Waals surface area (Å²) in [6.45, 7) is 5.63. The lowest BCUT2D eigenvalue weighted by molar-refractivity contribution is -0.0722. The number of nitrogens with zero attached hydrogens (tertiary/aromatic N) is 3. The summed E-state index contributed by atoms with van der Waals surface area (Å²) in [6.07, 6.45) is 1.52. The molecule has 0 saturated heterocycles. The van der Waals surface area contributed by atoms with Crippen LogP contribution in [0.1, 0.15) is 29.9 Å². The Bertz CT molecular complexity index is 1170. The number of anilines is 1. The second-order valence-electron chi connectivity index (χ2n) is 7.74. The van der Waals surface area contributed by atoms with Crippen molar-refractivity contribution in [1.29, 1.82) is 0 Å². The van der Waals surface area contributed by atoms with Gasteiger partial charge in [-0.2, -0.15) is 8.78 Å². The van der Waals surface area contributed by atoms with Gasteiger partial charge in [-0.3, -0.25) is 4.98 Å². The summed E-state index contributed by atoms with van der Waals surface area (Å²) in [6, 6.07) is 4.82. The normalized spacial score (nSPS) is 13.4. The zero-order valence-electron chi connectivity index (χ0n) is 17.9. The molecule has 2 heterocycles. The first kappa shape index (κ1) is 23.2. The maximum absolute atomic E-state index is 15.0. The summed E-state index contributed by atoms with van der Waals surface area (Å²) in [5, 5.41) is 3.65. The molecular weight excluding hydrogens is 428 g/mol. The topological polar surface area (TPSA) is 77.0 Å². The Morgan fingerprint density at radius 2 is 1.97 bits per heavy atom. The third kappa shape index (κ3) is 4.88. The molecule has 3 aromatic rings. The number of fused-ring (bicyclic) bond motifs is 1. The molecule has 1 N–H and O–H groups in total. The summed E-state index contributed by atoms with van der Waals surface area (Å²) in [7, 11) is -1.50. The molecule has 0 saturated carbocycles. The van der Waals surface area contributed by atoms with Crippen molar-refractivity contribution >= 4 is 29.3 Å². The largest absolute Gasteiger partial charge is 0.378 e.